The molecule has 3 nitrogen and oxygen atoms in total. The zero-order valence-electron chi connectivity index (χ0n) is 21.1. The molecule has 0 bridgehead atoms. The summed E-state index contributed by atoms with van der Waals surface area (Å²) in [7, 11) is -3.80. The Balaban J connectivity index is 5.62. The summed E-state index contributed by atoms with van der Waals surface area (Å²) < 4.78 is 13.4. The minimum Gasteiger partial charge on any atom is -0.416 e. The average Bonchev–Trinajstić information content (AvgIpc) is 2.53. The summed E-state index contributed by atoms with van der Waals surface area (Å²) in [6.45, 7) is 33.7. The van der Waals surface area contributed by atoms with Gasteiger partial charge in [-0.15, -0.1) is 6.58 Å². The van der Waals surface area contributed by atoms with Gasteiger partial charge in [0.25, 0.3) is 0 Å². The smallest absolute Gasteiger partial charge is 0.192 e. The minimum atomic E-state index is -1.98. The fraction of sp³-hybridized carbons (Fsp3) is 0.913. The first-order chi connectivity index (χ1) is 12.3. The number of aliphatic hydroxyl groups excluding tert-OH is 1. The van der Waals surface area contributed by atoms with Gasteiger partial charge in [-0.05, 0) is 36.3 Å². The molecule has 0 aromatic rings. The molecule has 0 rings (SSSR count). The van der Waals surface area contributed by atoms with Gasteiger partial charge in [-0.3, -0.25) is 0 Å². The summed E-state index contributed by atoms with van der Waals surface area (Å²) in [6.07, 6.45) is 1.33. The highest BCUT2D eigenvalue weighted by Crippen LogP contribution is 2.41. The lowest BCUT2D eigenvalue weighted by atomic mass is 9.84. The third-order valence-electron chi connectivity index (χ3n) is 7.28. The van der Waals surface area contributed by atoms with Crippen molar-refractivity contribution in [3.63, 3.8) is 0 Å². The third kappa shape index (κ3) is 7.39. The van der Waals surface area contributed by atoms with E-state index in [4.69, 9.17) is 8.85 Å². The predicted octanol–water partition coefficient (Wildman–Crippen LogP) is 6.85. The predicted molar refractivity (Wildman–Crippen MR) is 129 cm³/mol. The fourth-order valence-electron chi connectivity index (χ4n) is 2.72. The van der Waals surface area contributed by atoms with E-state index < -0.39 is 22.7 Å². The second kappa shape index (κ2) is 9.91. The van der Waals surface area contributed by atoms with E-state index in [1.807, 2.05) is 13.0 Å². The molecule has 28 heavy (non-hydrogen) atoms. The standard InChI is InChI=1S/C23H50O3Si2/c1-15-17(2)20(24)19(4)21(26-28(13,14)23(8,9)10)18(3)16-25-27(11,12)22(5,6)7/h15,17-21,24H,1,16H2,2-14H3/t17-,18-,19-,20-,21-/m1/s1. The molecule has 1 N–H and O–H groups in total. The van der Waals surface area contributed by atoms with Crippen molar-refractivity contribution in [1.29, 1.82) is 0 Å². The summed E-state index contributed by atoms with van der Waals surface area (Å²) in [5, 5.41) is 11.2. The van der Waals surface area contributed by atoms with E-state index >= 15 is 0 Å². The van der Waals surface area contributed by atoms with Crippen LogP contribution in [0.4, 0.5) is 0 Å². The maximum Gasteiger partial charge on any atom is 0.192 e. The van der Waals surface area contributed by atoms with Crippen LogP contribution in [0.2, 0.25) is 36.3 Å². The largest absolute Gasteiger partial charge is 0.416 e. The zero-order chi connectivity index (χ0) is 22.7. The van der Waals surface area contributed by atoms with Crippen LogP contribution in [-0.4, -0.2) is 40.6 Å². The van der Waals surface area contributed by atoms with Crippen molar-refractivity contribution < 1.29 is 14.0 Å². The molecular formula is C23H50O3Si2. The highest BCUT2D eigenvalue weighted by atomic mass is 28.4. The van der Waals surface area contributed by atoms with Crippen LogP contribution in [0.3, 0.4) is 0 Å². The molecule has 0 spiro atoms. The molecule has 0 unspecified atom stereocenters. The van der Waals surface area contributed by atoms with Gasteiger partial charge in [-0.2, -0.15) is 0 Å². The van der Waals surface area contributed by atoms with E-state index in [1.54, 1.807) is 0 Å². The Morgan fingerprint density at radius 2 is 1.32 bits per heavy atom. The SMILES string of the molecule is C=C[C@@H](C)[C@@H](O)[C@@H](C)[C@H](O[Si](C)(C)C(C)(C)C)[C@H](C)CO[Si](C)(C)C(C)(C)C. The van der Waals surface area contributed by atoms with Crippen molar-refractivity contribution in [3.05, 3.63) is 12.7 Å². The molecule has 0 aromatic carbocycles. The number of hydrogen-bond donors (Lipinski definition) is 1. The zero-order valence-corrected chi connectivity index (χ0v) is 23.1. The molecule has 0 radical (unpaired) electrons. The summed E-state index contributed by atoms with van der Waals surface area (Å²) in [4.78, 5) is 0. The number of rotatable bonds is 10. The van der Waals surface area contributed by atoms with Crippen molar-refractivity contribution in [3.8, 4) is 0 Å². The summed E-state index contributed by atoms with van der Waals surface area (Å²) in [5.74, 6) is 0.263. The van der Waals surface area contributed by atoms with Crippen LogP contribution < -0.4 is 0 Å². The van der Waals surface area contributed by atoms with Gasteiger partial charge in [-0.25, -0.2) is 0 Å². The van der Waals surface area contributed by atoms with Crippen molar-refractivity contribution in [2.45, 2.75) is 111 Å². The van der Waals surface area contributed by atoms with Crippen LogP contribution in [0, 0.1) is 17.8 Å². The van der Waals surface area contributed by atoms with Crippen molar-refractivity contribution in [1.82, 2.24) is 0 Å². The number of aliphatic hydroxyl groups is 1. The molecule has 0 saturated carbocycles. The van der Waals surface area contributed by atoms with E-state index in [2.05, 4.69) is 88.2 Å². The maximum absolute atomic E-state index is 10.9. The highest BCUT2D eigenvalue weighted by Gasteiger charge is 2.44. The van der Waals surface area contributed by atoms with Crippen molar-refractivity contribution in [2.75, 3.05) is 6.61 Å². The molecule has 0 aliphatic rings. The highest BCUT2D eigenvalue weighted by molar-refractivity contribution is 6.74. The molecule has 0 heterocycles. The first kappa shape index (κ1) is 28.1. The first-order valence-electron chi connectivity index (χ1n) is 10.9. The van der Waals surface area contributed by atoms with Crippen LogP contribution in [0.5, 0.6) is 0 Å². The van der Waals surface area contributed by atoms with Crippen LogP contribution in [0.15, 0.2) is 12.7 Å². The number of hydrogen-bond acceptors (Lipinski definition) is 3. The van der Waals surface area contributed by atoms with Crippen LogP contribution in [-0.2, 0) is 8.85 Å². The summed E-state index contributed by atoms with van der Waals surface area (Å²) in [5.41, 5.74) is 0. The van der Waals surface area contributed by atoms with Gasteiger partial charge in [0, 0.05) is 24.4 Å². The molecular weight excluding hydrogens is 380 g/mol. The monoisotopic (exact) mass is 430 g/mol. The van der Waals surface area contributed by atoms with Crippen LogP contribution in [0.25, 0.3) is 0 Å². The second-order valence-electron chi connectivity index (χ2n) is 11.8. The lowest BCUT2D eigenvalue weighted by Crippen LogP contribution is -2.51. The normalized spacial score (nSPS) is 19.6. The van der Waals surface area contributed by atoms with Gasteiger partial charge in [0.1, 0.15) is 0 Å². The molecule has 0 aliphatic heterocycles. The van der Waals surface area contributed by atoms with Gasteiger partial charge in [0.05, 0.1) is 12.2 Å². The molecule has 168 valence electrons. The molecule has 5 atom stereocenters. The van der Waals surface area contributed by atoms with Gasteiger partial charge in [-0.1, -0.05) is 68.4 Å². The minimum absolute atomic E-state index is 0.0140. The fourth-order valence-corrected chi connectivity index (χ4v) is 5.32. The van der Waals surface area contributed by atoms with Gasteiger partial charge in [0.15, 0.2) is 16.6 Å². The van der Waals surface area contributed by atoms with Crippen molar-refractivity contribution >= 4 is 16.6 Å². The summed E-state index contributed by atoms with van der Waals surface area (Å²) >= 11 is 0. The van der Waals surface area contributed by atoms with E-state index in [0.717, 1.165) is 0 Å². The third-order valence-corrected chi connectivity index (χ3v) is 16.3. The second-order valence-corrected chi connectivity index (χ2v) is 21.4. The Hall–Kier alpha value is 0.0538. The van der Waals surface area contributed by atoms with Gasteiger partial charge < -0.3 is 14.0 Å². The molecule has 0 aromatic heterocycles. The summed E-state index contributed by atoms with van der Waals surface area (Å²) in [6, 6.07) is 0. The lowest BCUT2D eigenvalue weighted by Gasteiger charge is -2.45. The Bertz CT molecular complexity index is 489. The first-order valence-corrected chi connectivity index (χ1v) is 16.7. The van der Waals surface area contributed by atoms with E-state index in [-0.39, 0.29) is 33.9 Å². The molecule has 0 fully saturated rings. The molecule has 5 heteroatoms. The van der Waals surface area contributed by atoms with Crippen LogP contribution >= 0.6 is 0 Å². The van der Waals surface area contributed by atoms with E-state index in [9.17, 15) is 5.11 Å². The lowest BCUT2D eigenvalue weighted by molar-refractivity contribution is -0.0231. The Labute approximate surface area is 178 Å². The van der Waals surface area contributed by atoms with Crippen molar-refractivity contribution in [2.24, 2.45) is 17.8 Å². The Morgan fingerprint density at radius 1 is 0.893 bits per heavy atom. The van der Waals surface area contributed by atoms with E-state index in [0.29, 0.717) is 6.61 Å². The maximum atomic E-state index is 10.9. The molecule has 0 aliphatic carbocycles. The Morgan fingerprint density at radius 3 is 1.68 bits per heavy atom. The van der Waals surface area contributed by atoms with E-state index in [1.165, 1.54) is 0 Å². The quantitative estimate of drug-likeness (QED) is 0.304. The van der Waals surface area contributed by atoms with Crippen LogP contribution in [0.1, 0.15) is 62.3 Å². The topological polar surface area (TPSA) is 38.7 Å². The average molecular weight is 431 g/mol. The molecule has 0 amide bonds. The van der Waals surface area contributed by atoms with Gasteiger partial charge >= 0.3 is 0 Å². The molecule has 0 saturated heterocycles. The van der Waals surface area contributed by atoms with Gasteiger partial charge in [0.2, 0.25) is 0 Å². The Kier molecular flexibility index (Phi) is 9.93.